The molecule has 0 rings (SSSR count). The van der Waals surface area contributed by atoms with Crippen LogP contribution in [0, 0.1) is 5.92 Å². The van der Waals surface area contributed by atoms with Gasteiger partial charge in [0.2, 0.25) is 0 Å². The second-order valence-corrected chi connectivity index (χ2v) is 4.27. The van der Waals surface area contributed by atoms with Gasteiger partial charge in [0.1, 0.15) is 0 Å². The van der Waals surface area contributed by atoms with Crippen LogP contribution in [0.4, 0.5) is 0 Å². The van der Waals surface area contributed by atoms with E-state index < -0.39 is 0 Å². The molecule has 0 saturated carbocycles. The first-order valence-corrected chi connectivity index (χ1v) is 4.81. The molecule has 0 bridgehead atoms. The van der Waals surface area contributed by atoms with Crippen LogP contribution in [-0.2, 0) is 0 Å². The van der Waals surface area contributed by atoms with Gasteiger partial charge in [0, 0.05) is 12.6 Å². The van der Waals surface area contributed by atoms with Gasteiger partial charge in [-0.1, -0.05) is 13.8 Å². The molecule has 0 aromatic carbocycles. The molecule has 0 aromatic heterocycles. The van der Waals surface area contributed by atoms with E-state index in [0.29, 0.717) is 6.04 Å². The third-order valence-corrected chi connectivity index (χ3v) is 2.12. The van der Waals surface area contributed by atoms with Crippen LogP contribution in [0.15, 0.2) is 0 Å². The number of aliphatic hydroxyl groups is 1. The van der Waals surface area contributed by atoms with E-state index >= 15 is 0 Å². The lowest BCUT2D eigenvalue weighted by molar-refractivity contribution is 0.115. The van der Waals surface area contributed by atoms with Crippen LogP contribution in [0.2, 0.25) is 0 Å². The fraction of sp³-hybridized carbons (Fsp3) is 1.00. The summed E-state index contributed by atoms with van der Waals surface area (Å²) in [6, 6.07) is 0.569. The van der Waals surface area contributed by atoms with Crippen molar-refractivity contribution < 1.29 is 5.11 Å². The van der Waals surface area contributed by atoms with Crippen molar-refractivity contribution >= 4 is 0 Å². The minimum atomic E-state index is -0.218. The molecular weight excluding hydrogens is 150 g/mol. The van der Waals surface area contributed by atoms with Crippen molar-refractivity contribution in [3.63, 3.8) is 0 Å². The molecule has 2 heteroatoms. The molecule has 0 spiro atoms. The first-order valence-electron chi connectivity index (χ1n) is 4.81. The van der Waals surface area contributed by atoms with Crippen molar-refractivity contribution in [2.45, 2.75) is 46.3 Å². The third-order valence-electron chi connectivity index (χ3n) is 2.12. The molecule has 2 atom stereocenters. The molecule has 0 radical (unpaired) electrons. The molecule has 0 aliphatic heterocycles. The summed E-state index contributed by atoms with van der Waals surface area (Å²) in [5.41, 5.74) is 0. The largest absolute Gasteiger partial charge is 0.392 e. The maximum atomic E-state index is 9.16. The van der Waals surface area contributed by atoms with Crippen molar-refractivity contribution in [3.05, 3.63) is 0 Å². The van der Waals surface area contributed by atoms with E-state index in [0.717, 1.165) is 12.5 Å². The van der Waals surface area contributed by atoms with Gasteiger partial charge in [-0.25, -0.2) is 0 Å². The predicted molar refractivity (Wildman–Crippen MR) is 53.2 cm³/mol. The Kier molecular flexibility index (Phi) is 5.51. The molecule has 0 aliphatic rings. The van der Waals surface area contributed by atoms with Crippen LogP contribution in [0.1, 0.15) is 34.1 Å². The van der Waals surface area contributed by atoms with E-state index in [1.54, 1.807) is 0 Å². The lowest BCUT2D eigenvalue weighted by Crippen LogP contribution is -2.35. The molecule has 12 heavy (non-hydrogen) atoms. The number of aliphatic hydroxyl groups excluding tert-OH is 1. The number of likely N-dealkylation sites (N-methyl/N-ethyl adjacent to an activating group) is 1. The Labute approximate surface area is 76.6 Å². The summed E-state index contributed by atoms with van der Waals surface area (Å²) in [7, 11) is 2.07. The Morgan fingerprint density at radius 1 is 1.17 bits per heavy atom. The van der Waals surface area contributed by atoms with Gasteiger partial charge < -0.3 is 10.0 Å². The molecule has 0 heterocycles. The highest BCUT2D eigenvalue weighted by molar-refractivity contribution is 4.66. The summed E-state index contributed by atoms with van der Waals surface area (Å²) in [6.07, 6.45) is 0.980. The Morgan fingerprint density at radius 2 is 1.67 bits per heavy atom. The molecule has 0 fully saturated rings. The molecule has 1 N–H and O–H groups in total. The fourth-order valence-corrected chi connectivity index (χ4v) is 1.46. The zero-order valence-corrected chi connectivity index (χ0v) is 9.04. The van der Waals surface area contributed by atoms with Crippen LogP contribution in [0.5, 0.6) is 0 Å². The minimum Gasteiger partial charge on any atom is -0.392 e. The van der Waals surface area contributed by atoms with E-state index in [-0.39, 0.29) is 6.10 Å². The second-order valence-electron chi connectivity index (χ2n) is 4.27. The summed E-state index contributed by atoms with van der Waals surface area (Å²) in [4.78, 5) is 2.21. The van der Waals surface area contributed by atoms with Crippen LogP contribution in [0.3, 0.4) is 0 Å². The Hall–Kier alpha value is -0.0800. The second kappa shape index (κ2) is 5.55. The standard InChI is InChI=1S/C10H23NO/c1-8(2)6-9(3)11(5)7-10(4)12/h8-10,12H,6-7H2,1-5H3/t9?,10-/m0/s1. The number of hydrogen-bond donors (Lipinski definition) is 1. The molecule has 74 valence electrons. The van der Waals surface area contributed by atoms with Crippen molar-refractivity contribution in [2.24, 2.45) is 5.92 Å². The zero-order valence-electron chi connectivity index (χ0n) is 9.04. The average molecular weight is 173 g/mol. The van der Waals surface area contributed by atoms with E-state index in [1.165, 1.54) is 6.42 Å². The van der Waals surface area contributed by atoms with E-state index in [4.69, 9.17) is 5.11 Å². The minimum absolute atomic E-state index is 0.218. The lowest BCUT2D eigenvalue weighted by Gasteiger charge is -2.27. The summed E-state index contributed by atoms with van der Waals surface area (Å²) in [5, 5.41) is 9.16. The van der Waals surface area contributed by atoms with Gasteiger partial charge in [0.25, 0.3) is 0 Å². The predicted octanol–water partition coefficient (Wildman–Crippen LogP) is 1.73. The van der Waals surface area contributed by atoms with Gasteiger partial charge >= 0.3 is 0 Å². The maximum Gasteiger partial charge on any atom is 0.0639 e. The third kappa shape index (κ3) is 5.56. The molecule has 0 aliphatic carbocycles. The summed E-state index contributed by atoms with van der Waals surface area (Å²) in [5.74, 6) is 0.733. The Morgan fingerprint density at radius 3 is 2.00 bits per heavy atom. The van der Waals surface area contributed by atoms with E-state index in [1.807, 2.05) is 6.92 Å². The molecular formula is C10H23NO. The van der Waals surface area contributed by atoms with Gasteiger partial charge in [-0.2, -0.15) is 0 Å². The van der Waals surface area contributed by atoms with Crippen LogP contribution >= 0.6 is 0 Å². The van der Waals surface area contributed by atoms with Crippen molar-refractivity contribution in [1.29, 1.82) is 0 Å². The molecule has 0 aromatic rings. The van der Waals surface area contributed by atoms with Crippen LogP contribution in [-0.4, -0.2) is 35.7 Å². The average Bonchev–Trinajstić information content (AvgIpc) is 1.84. The summed E-state index contributed by atoms with van der Waals surface area (Å²) in [6.45, 7) is 9.27. The highest BCUT2D eigenvalue weighted by Gasteiger charge is 2.11. The highest BCUT2D eigenvalue weighted by Crippen LogP contribution is 2.09. The van der Waals surface area contributed by atoms with Crippen molar-refractivity contribution in [1.82, 2.24) is 4.90 Å². The molecule has 0 saturated heterocycles. The number of rotatable bonds is 5. The smallest absolute Gasteiger partial charge is 0.0639 e. The van der Waals surface area contributed by atoms with Gasteiger partial charge in [-0.05, 0) is 33.2 Å². The first-order chi connectivity index (χ1) is 5.43. The van der Waals surface area contributed by atoms with Gasteiger partial charge in [0.15, 0.2) is 0 Å². The van der Waals surface area contributed by atoms with Gasteiger partial charge in [-0.15, -0.1) is 0 Å². The molecule has 0 amide bonds. The topological polar surface area (TPSA) is 23.5 Å². The molecule has 2 nitrogen and oxygen atoms in total. The van der Waals surface area contributed by atoms with Crippen molar-refractivity contribution in [2.75, 3.05) is 13.6 Å². The number of nitrogens with zero attached hydrogens (tertiary/aromatic N) is 1. The van der Waals surface area contributed by atoms with Crippen LogP contribution in [0.25, 0.3) is 0 Å². The summed E-state index contributed by atoms with van der Waals surface area (Å²) >= 11 is 0. The van der Waals surface area contributed by atoms with E-state index in [9.17, 15) is 0 Å². The fourth-order valence-electron chi connectivity index (χ4n) is 1.46. The SMILES string of the molecule is CC(C)CC(C)N(C)C[C@H](C)O. The Bertz CT molecular complexity index is 98.4. The van der Waals surface area contributed by atoms with Crippen molar-refractivity contribution in [3.8, 4) is 0 Å². The zero-order chi connectivity index (χ0) is 9.72. The normalized spacial score (nSPS) is 17.0. The van der Waals surface area contributed by atoms with Gasteiger partial charge in [0.05, 0.1) is 6.10 Å². The quantitative estimate of drug-likeness (QED) is 0.684. The van der Waals surface area contributed by atoms with E-state index in [2.05, 4.69) is 32.7 Å². The monoisotopic (exact) mass is 173 g/mol. The lowest BCUT2D eigenvalue weighted by atomic mass is 10.0. The number of hydrogen-bond acceptors (Lipinski definition) is 2. The first kappa shape index (κ1) is 11.9. The summed E-state index contributed by atoms with van der Waals surface area (Å²) < 4.78 is 0. The maximum absolute atomic E-state index is 9.16. The van der Waals surface area contributed by atoms with Gasteiger partial charge in [-0.3, -0.25) is 0 Å². The Balaban J connectivity index is 3.68. The van der Waals surface area contributed by atoms with Crippen LogP contribution < -0.4 is 0 Å². The highest BCUT2D eigenvalue weighted by atomic mass is 16.3. The molecule has 1 unspecified atom stereocenters.